The first-order valence-corrected chi connectivity index (χ1v) is 7.48. The summed E-state index contributed by atoms with van der Waals surface area (Å²) in [6, 6.07) is 8.71. The number of ether oxygens (including phenoxy) is 2. The summed E-state index contributed by atoms with van der Waals surface area (Å²) < 4.78 is 10.9. The summed E-state index contributed by atoms with van der Waals surface area (Å²) in [4.78, 5) is 0. The van der Waals surface area contributed by atoms with Gasteiger partial charge in [-0.3, -0.25) is 0 Å². The summed E-state index contributed by atoms with van der Waals surface area (Å²) in [5, 5.41) is 2.53. The van der Waals surface area contributed by atoms with Crippen LogP contribution in [0.3, 0.4) is 0 Å². The number of unbranched alkanes of at least 4 members (excludes halogenated alkanes) is 1. The van der Waals surface area contributed by atoms with Crippen molar-refractivity contribution in [2.75, 3.05) is 20.3 Å². The minimum atomic E-state index is 0.797. The summed E-state index contributed by atoms with van der Waals surface area (Å²) in [7, 11) is 1.68. The van der Waals surface area contributed by atoms with Gasteiger partial charge in [-0.25, -0.2) is 0 Å². The predicted octanol–water partition coefficient (Wildman–Crippen LogP) is 2.36. The maximum Gasteiger partial charge on any atom is 0.122 e. The van der Waals surface area contributed by atoms with E-state index in [9.17, 15) is 0 Å². The van der Waals surface area contributed by atoms with E-state index < -0.39 is 0 Å². The first kappa shape index (κ1) is 14.2. The molecule has 106 valence electrons. The van der Waals surface area contributed by atoms with Gasteiger partial charge in [0.1, 0.15) is 11.5 Å². The summed E-state index contributed by atoms with van der Waals surface area (Å²) >= 11 is 0. The van der Waals surface area contributed by atoms with Crippen LogP contribution in [0.2, 0.25) is 0 Å². The first-order chi connectivity index (χ1) is 9.38. The van der Waals surface area contributed by atoms with Crippen molar-refractivity contribution in [3.63, 3.8) is 0 Å². The third kappa shape index (κ3) is 5.11. The molecule has 0 aliphatic heterocycles. The molecule has 0 unspecified atom stereocenters. The van der Waals surface area contributed by atoms with Gasteiger partial charge >= 0.3 is 0 Å². The Hall–Kier alpha value is -1.22. The van der Waals surface area contributed by atoms with Gasteiger partial charge in [0.15, 0.2) is 0 Å². The molecule has 3 nitrogen and oxygen atoms in total. The minimum absolute atomic E-state index is 0.797. The van der Waals surface area contributed by atoms with Crippen LogP contribution in [0.15, 0.2) is 24.3 Å². The highest BCUT2D eigenvalue weighted by Gasteiger charge is 2.16. The van der Waals surface area contributed by atoms with E-state index in [1.807, 2.05) is 24.3 Å². The fraction of sp³-hybridized carbons (Fsp3) is 0.625. The highest BCUT2D eigenvalue weighted by molar-refractivity contribution is 5.32. The Kier molecular flexibility index (Phi) is 6.02. The SMILES string of the molecule is COc1cccc(OCCCC[NH2+]C2CCCC2)c1. The molecule has 0 radical (unpaired) electrons. The molecule has 1 fully saturated rings. The number of methoxy groups -OCH3 is 1. The molecule has 1 aromatic carbocycles. The highest BCUT2D eigenvalue weighted by atomic mass is 16.5. The number of quaternary nitrogens is 1. The Morgan fingerprint density at radius 1 is 1.16 bits per heavy atom. The molecular formula is C16H26NO2+. The van der Waals surface area contributed by atoms with E-state index in [-0.39, 0.29) is 0 Å². The Labute approximate surface area is 116 Å². The van der Waals surface area contributed by atoms with E-state index in [2.05, 4.69) is 5.32 Å². The first-order valence-electron chi connectivity index (χ1n) is 7.48. The number of hydrogen-bond donors (Lipinski definition) is 1. The molecule has 2 N–H and O–H groups in total. The van der Waals surface area contributed by atoms with Crippen LogP contribution in [0.25, 0.3) is 0 Å². The summed E-state index contributed by atoms with van der Waals surface area (Å²) in [5.41, 5.74) is 0. The number of hydrogen-bond acceptors (Lipinski definition) is 2. The van der Waals surface area contributed by atoms with Crippen LogP contribution in [0, 0.1) is 0 Å². The van der Waals surface area contributed by atoms with Crippen LogP contribution in [0.4, 0.5) is 0 Å². The second kappa shape index (κ2) is 8.05. The zero-order valence-corrected chi connectivity index (χ0v) is 11.9. The largest absolute Gasteiger partial charge is 0.497 e. The molecule has 19 heavy (non-hydrogen) atoms. The van der Waals surface area contributed by atoms with Crippen molar-refractivity contribution in [1.29, 1.82) is 0 Å². The van der Waals surface area contributed by atoms with Gasteiger partial charge in [0.2, 0.25) is 0 Å². The van der Waals surface area contributed by atoms with E-state index in [0.717, 1.165) is 30.6 Å². The number of benzene rings is 1. The molecule has 2 rings (SSSR count). The van der Waals surface area contributed by atoms with E-state index in [4.69, 9.17) is 9.47 Å². The molecule has 1 aromatic rings. The lowest BCUT2D eigenvalue weighted by molar-refractivity contribution is -0.688. The monoisotopic (exact) mass is 264 g/mol. The molecule has 0 aromatic heterocycles. The Balaban J connectivity index is 1.53. The molecule has 0 atom stereocenters. The van der Waals surface area contributed by atoms with E-state index in [1.54, 1.807) is 7.11 Å². The predicted molar refractivity (Wildman–Crippen MR) is 76.8 cm³/mol. The standard InChI is InChI=1S/C16H25NO2/c1-18-15-9-6-10-16(13-15)19-12-5-4-11-17-14-7-2-3-8-14/h6,9-10,13-14,17H,2-5,7-8,11-12H2,1H3/p+1. The van der Waals surface area contributed by atoms with Crippen molar-refractivity contribution in [2.24, 2.45) is 0 Å². The maximum absolute atomic E-state index is 5.73. The van der Waals surface area contributed by atoms with Crippen LogP contribution in [0.5, 0.6) is 11.5 Å². The second-order valence-electron chi connectivity index (χ2n) is 5.30. The van der Waals surface area contributed by atoms with Gasteiger partial charge in [0.05, 0.1) is 26.3 Å². The zero-order valence-electron chi connectivity index (χ0n) is 11.9. The molecule has 3 heteroatoms. The van der Waals surface area contributed by atoms with Crippen LogP contribution >= 0.6 is 0 Å². The van der Waals surface area contributed by atoms with Crippen LogP contribution in [0.1, 0.15) is 38.5 Å². The molecule has 1 aliphatic carbocycles. The minimum Gasteiger partial charge on any atom is -0.497 e. The molecule has 0 spiro atoms. The average molecular weight is 264 g/mol. The van der Waals surface area contributed by atoms with Crippen molar-refractivity contribution in [3.05, 3.63) is 24.3 Å². The quantitative estimate of drug-likeness (QED) is 0.732. The van der Waals surface area contributed by atoms with Crippen molar-refractivity contribution in [2.45, 2.75) is 44.6 Å². The molecule has 0 heterocycles. The number of nitrogens with two attached hydrogens (primary N) is 1. The summed E-state index contributed by atoms with van der Waals surface area (Å²) in [6.07, 6.45) is 8.06. The highest BCUT2D eigenvalue weighted by Crippen LogP contribution is 2.19. The van der Waals surface area contributed by atoms with E-state index in [1.165, 1.54) is 38.6 Å². The van der Waals surface area contributed by atoms with Gasteiger partial charge in [0.25, 0.3) is 0 Å². The third-order valence-electron chi connectivity index (χ3n) is 3.81. The van der Waals surface area contributed by atoms with E-state index in [0.29, 0.717) is 0 Å². The van der Waals surface area contributed by atoms with Gasteiger partial charge in [-0.2, -0.15) is 0 Å². The molecule has 0 bridgehead atoms. The van der Waals surface area contributed by atoms with Crippen molar-refractivity contribution in [3.8, 4) is 11.5 Å². The maximum atomic E-state index is 5.73. The van der Waals surface area contributed by atoms with Crippen molar-refractivity contribution < 1.29 is 14.8 Å². The third-order valence-corrected chi connectivity index (χ3v) is 3.81. The zero-order chi connectivity index (χ0) is 13.3. The van der Waals surface area contributed by atoms with Gasteiger partial charge in [-0.15, -0.1) is 0 Å². The second-order valence-corrected chi connectivity index (χ2v) is 5.30. The van der Waals surface area contributed by atoms with Crippen LogP contribution in [-0.2, 0) is 0 Å². The lowest BCUT2D eigenvalue weighted by atomic mass is 10.2. The normalized spacial score (nSPS) is 15.6. The Morgan fingerprint density at radius 3 is 2.74 bits per heavy atom. The summed E-state index contributed by atoms with van der Waals surface area (Å²) in [5.74, 6) is 1.76. The van der Waals surface area contributed by atoms with Gasteiger partial charge in [-0.1, -0.05) is 6.07 Å². The lowest BCUT2D eigenvalue weighted by Gasteiger charge is -2.09. The lowest BCUT2D eigenvalue weighted by Crippen LogP contribution is -2.89. The molecule has 1 saturated carbocycles. The van der Waals surface area contributed by atoms with Gasteiger partial charge in [0, 0.05) is 6.07 Å². The summed E-state index contributed by atoms with van der Waals surface area (Å²) in [6.45, 7) is 2.04. The fourth-order valence-electron chi connectivity index (χ4n) is 2.67. The van der Waals surface area contributed by atoms with Crippen molar-refractivity contribution >= 4 is 0 Å². The Bertz CT molecular complexity index is 362. The van der Waals surface area contributed by atoms with Gasteiger partial charge in [-0.05, 0) is 50.7 Å². The van der Waals surface area contributed by atoms with Gasteiger partial charge < -0.3 is 14.8 Å². The van der Waals surface area contributed by atoms with Crippen molar-refractivity contribution in [1.82, 2.24) is 0 Å². The smallest absolute Gasteiger partial charge is 0.122 e. The molecule has 1 aliphatic rings. The Morgan fingerprint density at radius 2 is 1.95 bits per heavy atom. The fourth-order valence-corrected chi connectivity index (χ4v) is 2.67. The van der Waals surface area contributed by atoms with Crippen LogP contribution in [-0.4, -0.2) is 26.3 Å². The molecule has 0 amide bonds. The number of rotatable bonds is 8. The topological polar surface area (TPSA) is 35.1 Å². The molecule has 0 saturated heterocycles. The van der Waals surface area contributed by atoms with E-state index >= 15 is 0 Å². The average Bonchev–Trinajstić information content (AvgIpc) is 2.96. The molecular weight excluding hydrogens is 238 g/mol. The van der Waals surface area contributed by atoms with Crippen LogP contribution < -0.4 is 14.8 Å².